The molecule has 5 nitrogen and oxygen atoms in total. The quantitative estimate of drug-likeness (QED) is 0.712. The summed E-state index contributed by atoms with van der Waals surface area (Å²) >= 11 is 0. The average molecular weight is 348 g/mol. The molecule has 0 bridgehead atoms. The lowest BCUT2D eigenvalue weighted by Gasteiger charge is -2.26. The molecular formula is C20H33N3O2. The first-order valence-electron chi connectivity index (χ1n) is 9.76. The monoisotopic (exact) mass is 347 g/mol. The van der Waals surface area contributed by atoms with Crippen LogP contribution in [-0.2, 0) is 22.6 Å². The maximum Gasteiger partial charge on any atom is 0.248 e. The van der Waals surface area contributed by atoms with E-state index in [2.05, 4.69) is 27.8 Å². The Labute approximate surface area is 151 Å². The number of fused-ring (bicyclic) bond motifs is 1. The normalized spacial score (nSPS) is 21.9. The van der Waals surface area contributed by atoms with Crippen molar-refractivity contribution < 1.29 is 9.53 Å². The predicted molar refractivity (Wildman–Crippen MR) is 99.3 cm³/mol. The lowest BCUT2D eigenvalue weighted by atomic mass is 10.0. The van der Waals surface area contributed by atoms with Crippen molar-refractivity contribution in [3.63, 3.8) is 0 Å². The molecule has 1 amide bonds. The van der Waals surface area contributed by atoms with Crippen LogP contribution in [0, 0.1) is 11.8 Å². The van der Waals surface area contributed by atoms with E-state index >= 15 is 0 Å². The molecule has 0 spiro atoms. The molecule has 1 aromatic heterocycles. The number of likely N-dealkylation sites (N-methyl/N-ethyl adjacent to an activating group) is 1. The molecule has 5 heteroatoms. The van der Waals surface area contributed by atoms with Crippen LogP contribution < -0.4 is 0 Å². The maximum atomic E-state index is 11.6. The molecule has 1 atom stereocenters. The molecule has 0 unspecified atom stereocenters. The van der Waals surface area contributed by atoms with Crippen molar-refractivity contribution in [1.82, 2.24) is 14.4 Å². The fraction of sp³-hybridized carbons (Fsp3) is 0.750. The summed E-state index contributed by atoms with van der Waals surface area (Å²) < 4.78 is 8.03. The summed E-state index contributed by atoms with van der Waals surface area (Å²) in [6.07, 6.45) is 8.84. The number of amides is 1. The van der Waals surface area contributed by atoms with Crippen LogP contribution in [0.3, 0.4) is 0 Å². The lowest BCUT2D eigenvalue weighted by molar-refractivity contribution is -0.133. The van der Waals surface area contributed by atoms with E-state index in [4.69, 9.17) is 4.74 Å². The van der Waals surface area contributed by atoms with Gasteiger partial charge in [-0.3, -0.25) is 9.69 Å². The zero-order valence-corrected chi connectivity index (χ0v) is 15.8. The first-order chi connectivity index (χ1) is 12.1. The van der Waals surface area contributed by atoms with Crippen LogP contribution in [0.4, 0.5) is 0 Å². The third-order valence-electron chi connectivity index (χ3n) is 5.67. The number of carbonyl (C=O) groups is 1. The van der Waals surface area contributed by atoms with Crippen LogP contribution in [0.5, 0.6) is 0 Å². The molecule has 1 aliphatic carbocycles. The first-order valence-corrected chi connectivity index (χ1v) is 9.76. The molecule has 0 radical (unpaired) electrons. The minimum absolute atomic E-state index is 0.0384. The van der Waals surface area contributed by atoms with Gasteiger partial charge in [-0.15, -0.1) is 0 Å². The van der Waals surface area contributed by atoms with Gasteiger partial charge in [0, 0.05) is 58.8 Å². The Morgan fingerprint density at radius 3 is 2.80 bits per heavy atom. The molecule has 0 aromatic carbocycles. The number of carbonyl (C=O) groups excluding carboxylic acids is 1. The Kier molecular flexibility index (Phi) is 6.54. The van der Waals surface area contributed by atoms with E-state index in [0.29, 0.717) is 12.5 Å². The second-order valence-corrected chi connectivity index (χ2v) is 7.99. The zero-order valence-electron chi connectivity index (χ0n) is 15.8. The molecule has 1 saturated carbocycles. The predicted octanol–water partition coefficient (Wildman–Crippen LogP) is 2.60. The van der Waals surface area contributed by atoms with E-state index in [-0.39, 0.29) is 12.5 Å². The highest BCUT2D eigenvalue weighted by Gasteiger charge is 2.25. The number of hydrogen-bond acceptors (Lipinski definition) is 3. The zero-order chi connectivity index (χ0) is 17.6. The van der Waals surface area contributed by atoms with Gasteiger partial charge in [-0.25, -0.2) is 0 Å². The van der Waals surface area contributed by atoms with E-state index in [9.17, 15) is 4.79 Å². The third-order valence-corrected chi connectivity index (χ3v) is 5.67. The summed E-state index contributed by atoms with van der Waals surface area (Å²) in [5.41, 5.74) is 1.43. The topological polar surface area (TPSA) is 37.7 Å². The van der Waals surface area contributed by atoms with Gasteiger partial charge in [0.2, 0.25) is 5.91 Å². The Hall–Kier alpha value is -1.33. The van der Waals surface area contributed by atoms with Crippen LogP contribution in [0.1, 0.15) is 37.8 Å². The van der Waals surface area contributed by atoms with E-state index in [1.54, 1.807) is 19.0 Å². The second kappa shape index (κ2) is 8.86. The third kappa shape index (κ3) is 5.32. The van der Waals surface area contributed by atoms with Crippen molar-refractivity contribution in [1.29, 1.82) is 0 Å². The van der Waals surface area contributed by atoms with Crippen molar-refractivity contribution >= 4 is 5.91 Å². The Morgan fingerprint density at radius 1 is 1.24 bits per heavy atom. The first kappa shape index (κ1) is 18.5. The molecule has 2 heterocycles. The molecular weight excluding hydrogens is 314 g/mol. The van der Waals surface area contributed by atoms with Gasteiger partial charge in [0.15, 0.2) is 0 Å². The molecule has 2 aliphatic rings. The Morgan fingerprint density at radius 2 is 2.04 bits per heavy atom. The van der Waals surface area contributed by atoms with Gasteiger partial charge >= 0.3 is 0 Å². The van der Waals surface area contributed by atoms with Crippen LogP contribution in [0.2, 0.25) is 0 Å². The van der Waals surface area contributed by atoms with Crippen molar-refractivity contribution in [3.8, 4) is 0 Å². The van der Waals surface area contributed by atoms with Crippen LogP contribution in [0.25, 0.3) is 0 Å². The minimum Gasteiger partial charge on any atom is -0.372 e. The standard InChI is InChI=1S/C20H33N3O2/c1-21(2)20(24)16-25-11-9-18-13-22(12-17-6-3-4-7-17)15-19-8-5-10-23(19)14-18/h5,8,10,17-18H,3-4,6-7,9,11-16H2,1-2H3/t18-/m1/s1. The van der Waals surface area contributed by atoms with Crippen LogP contribution in [0.15, 0.2) is 18.3 Å². The summed E-state index contributed by atoms with van der Waals surface area (Å²) in [4.78, 5) is 15.9. The highest BCUT2D eigenvalue weighted by molar-refractivity contribution is 5.76. The number of rotatable bonds is 7. The van der Waals surface area contributed by atoms with Crippen molar-refractivity contribution in [3.05, 3.63) is 24.0 Å². The average Bonchev–Trinajstić information content (AvgIpc) is 3.20. The minimum atomic E-state index is 0.0384. The van der Waals surface area contributed by atoms with E-state index < -0.39 is 0 Å². The van der Waals surface area contributed by atoms with Crippen molar-refractivity contribution in [2.75, 3.05) is 40.4 Å². The Bertz CT molecular complexity index is 549. The molecule has 0 N–H and O–H groups in total. The summed E-state index contributed by atoms with van der Waals surface area (Å²) in [6.45, 7) is 5.37. The number of ether oxygens (including phenoxy) is 1. The largest absolute Gasteiger partial charge is 0.372 e. The van der Waals surface area contributed by atoms with Gasteiger partial charge in [-0.05, 0) is 43.2 Å². The van der Waals surface area contributed by atoms with Crippen molar-refractivity contribution in [2.24, 2.45) is 11.8 Å². The van der Waals surface area contributed by atoms with E-state index in [1.807, 2.05) is 0 Å². The van der Waals surface area contributed by atoms with Gasteiger partial charge in [-0.1, -0.05) is 12.8 Å². The second-order valence-electron chi connectivity index (χ2n) is 7.99. The summed E-state index contributed by atoms with van der Waals surface area (Å²) in [5.74, 6) is 1.51. The fourth-order valence-electron chi connectivity index (χ4n) is 4.18. The van der Waals surface area contributed by atoms with Gasteiger partial charge in [0.05, 0.1) is 0 Å². The number of aromatic nitrogens is 1. The van der Waals surface area contributed by atoms with E-state index in [0.717, 1.165) is 32.0 Å². The lowest BCUT2D eigenvalue weighted by Crippen LogP contribution is -2.32. The van der Waals surface area contributed by atoms with Gasteiger partial charge < -0.3 is 14.2 Å². The fourth-order valence-corrected chi connectivity index (χ4v) is 4.18. The number of nitrogens with zero attached hydrogens (tertiary/aromatic N) is 3. The summed E-state index contributed by atoms with van der Waals surface area (Å²) in [7, 11) is 3.54. The molecule has 1 aliphatic heterocycles. The smallest absolute Gasteiger partial charge is 0.248 e. The molecule has 1 fully saturated rings. The molecule has 3 rings (SSSR count). The molecule has 0 saturated heterocycles. The van der Waals surface area contributed by atoms with Gasteiger partial charge in [0.1, 0.15) is 6.61 Å². The highest BCUT2D eigenvalue weighted by Crippen LogP contribution is 2.28. The number of hydrogen-bond donors (Lipinski definition) is 0. The Balaban J connectivity index is 1.52. The molecule has 25 heavy (non-hydrogen) atoms. The highest BCUT2D eigenvalue weighted by atomic mass is 16.5. The SMILES string of the molecule is CN(C)C(=O)COCC[C@@H]1CN(CC2CCCC2)Cc2cccn2C1. The molecule has 1 aromatic rings. The van der Waals surface area contributed by atoms with E-state index in [1.165, 1.54) is 37.9 Å². The van der Waals surface area contributed by atoms with Crippen LogP contribution >= 0.6 is 0 Å². The van der Waals surface area contributed by atoms with Gasteiger partial charge in [-0.2, -0.15) is 0 Å². The van der Waals surface area contributed by atoms with Crippen LogP contribution in [-0.4, -0.2) is 60.7 Å². The van der Waals surface area contributed by atoms with Gasteiger partial charge in [0.25, 0.3) is 0 Å². The van der Waals surface area contributed by atoms with Crippen molar-refractivity contribution in [2.45, 2.75) is 45.2 Å². The maximum absolute atomic E-state index is 11.6. The molecule has 140 valence electrons. The summed E-state index contributed by atoms with van der Waals surface area (Å²) in [5, 5.41) is 0. The summed E-state index contributed by atoms with van der Waals surface area (Å²) in [6, 6.07) is 4.42.